The van der Waals surface area contributed by atoms with Crippen LogP contribution in [0.3, 0.4) is 0 Å². The Balaban J connectivity index is 2.99. The Morgan fingerprint density at radius 1 is 1.26 bits per heavy atom. The third kappa shape index (κ3) is 4.12. The number of hydrogen-bond acceptors (Lipinski definition) is 4. The average Bonchev–Trinajstić information content (AvgIpc) is 2.25. The van der Waals surface area contributed by atoms with Crippen LogP contribution < -0.4 is 4.18 Å². The number of hydrogen-bond donors (Lipinski definition) is 1. The van der Waals surface area contributed by atoms with Gasteiger partial charge in [-0.25, -0.2) is 0 Å². The maximum atomic E-state index is 12.2. The Kier molecular flexibility index (Phi) is 4.40. The van der Waals surface area contributed by atoms with Crippen LogP contribution >= 0.6 is 0 Å². The molecule has 0 spiro atoms. The van der Waals surface area contributed by atoms with Gasteiger partial charge >= 0.3 is 21.6 Å². The monoisotopic (exact) mass is 298 g/mol. The van der Waals surface area contributed by atoms with E-state index in [2.05, 4.69) is 4.18 Å². The van der Waals surface area contributed by atoms with Gasteiger partial charge in [-0.3, -0.25) is 4.79 Å². The summed E-state index contributed by atoms with van der Waals surface area (Å²) in [6.45, 7) is 0. The molecule has 0 saturated carbocycles. The second kappa shape index (κ2) is 5.47. The van der Waals surface area contributed by atoms with Crippen LogP contribution in [0.15, 0.2) is 24.3 Å². The number of halogens is 3. The summed E-state index contributed by atoms with van der Waals surface area (Å²) in [6, 6.07) is 5.04. The molecular weight excluding hydrogens is 289 g/mol. The number of aliphatic carboxylic acids is 1. The van der Waals surface area contributed by atoms with Crippen molar-refractivity contribution in [2.45, 2.75) is 18.3 Å². The van der Waals surface area contributed by atoms with Crippen LogP contribution in [0, 0.1) is 0 Å². The van der Waals surface area contributed by atoms with Gasteiger partial charge in [0.25, 0.3) is 0 Å². The van der Waals surface area contributed by atoms with Crippen molar-refractivity contribution in [3.8, 4) is 5.75 Å². The van der Waals surface area contributed by atoms with Gasteiger partial charge in [0.05, 0.1) is 0 Å². The molecule has 0 atom stereocenters. The highest BCUT2D eigenvalue weighted by Gasteiger charge is 2.48. The maximum Gasteiger partial charge on any atom is 0.534 e. The molecule has 19 heavy (non-hydrogen) atoms. The van der Waals surface area contributed by atoms with E-state index >= 15 is 0 Å². The zero-order valence-electron chi connectivity index (χ0n) is 9.35. The lowest BCUT2D eigenvalue weighted by Gasteiger charge is -2.12. The highest BCUT2D eigenvalue weighted by atomic mass is 32.2. The van der Waals surface area contributed by atoms with Crippen molar-refractivity contribution in [3.63, 3.8) is 0 Å². The van der Waals surface area contributed by atoms with Crippen LogP contribution in [0.1, 0.15) is 12.0 Å². The van der Waals surface area contributed by atoms with Crippen LogP contribution in [0.25, 0.3) is 0 Å². The van der Waals surface area contributed by atoms with E-state index in [9.17, 15) is 26.4 Å². The summed E-state index contributed by atoms with van der Waals surface area (Å²) in [5, 5.41) is 8.49. The lowest BCUT2D eigenvalue weighted by molar-refractivity contribution is -0.136. The Bertz CT molecular complexity index is 565. The first-order valence-electron chi connectivity index (χ1n) is 4.94. The van der Waals surface area contributed by atoms with Gasteiger partial charge in [0.2, 0.25) is 0 Å². The molecule has 0 aliphatic rings. The van der Waals surface area contributed by atoms with Crippen molar-refractivity contribution >= 4 is 16.1 Å². The molecule has 5 nitrogen and oxygen atoms in total. The molecule has 0 amide bonds. The SMILES string of the molecule is O=C(O)CCc1ccccc1OS(=O)(=O)C(F)(F)F. The first-order chi connectivity index (χ1) is 8.63. The van der Waals surface area contributed by atoms with Crippen LogP contribution in [0.2, 0.25) is 0 Å². The molecule has 1 aromatic carbocycles. The predicted octanol–water partition coefficient (Wildman–Crippen LogP) is 1.93. The molecule has 0 bridgehead atoms. The topological polar surface area (TPSA) is 80.7 Å². The largest absolute Gasteiger partial charge is 0.534 e. The van der Waals surface area contributed by atoms with Crippen molar-refractivity contribution in [2.75, 3.05) is 0 Å². The summed E-state index contributed by atoms with van der Waals surface area (Å²) in [5.74, 6) is -1.69. The molecule has 0 aromatic heterocycles. The normalized spacial score (nSPS) is 12.2. The summed E-state index contributed by atoms with van der Waals surface area (Å²) in [6.07, 6.45) is -0.495. The minimum absolute atomic E-state index is 0.0673. The predicted molar refractivity (Wildman–Crippen MR) is 58.0 cm³/mol. The molecule has 1 N–H and O–H groups in total. The number of benzene rings is 1. The fourth-order valence-electron chi connectivity index (χ4n) is 1.20. The van der Waals surface area contributed by atoms with Crippen molar-refractivity contribution in [1.29, 1.82) is 0 Å². The van der Waals surface area contributed by atoms with Crippen molar-refractivity contribution in [3.05, 3.63) is 29.8 Å². The van der Waals surface area contributed by atoms with Crippen LogP contribution in [-0.4, -0.2) is 25.0 Å². The number of alkyl halides is 3. The number of rotatable bonds is 5. The minimum atomic E-state index is -5.76. The highest BCUT2D eigenvalue weighted by Crippen LogP contribution is 2.29. The van der Waals surface area contributed by atoms with Gasteiger partial charge in [0.1, 0.15) is 5.75 Å². The summed E-state index contributed by atoms with van der Waals surface area (Å²) >= 11 is 0. The average molecular weight is 298 g/mol. The van der Waals surface area contributed by atoms with E-state index in [4.69, 9.17) is 5.11 Å². The van der Waals surface area contributed by atoms with E-state index in [1.807, 2.05) is 0 Å². The number of carbonyl (C=O) groups is 1. The second-order valence-corrected chi connectivity index (χ2v) is 5.02. The number of aryl methyl sites for hydroxylation is 1. The van der Waals surface area contributed by atoms with Crippen LogP contribution in [0.5, 0.6) is 5.75 Å². The fourth-order valence-corrected chi connectivity index (χ4v) is 1.69. The third-order valence-electron chi connectivity index (χ3n) is 2.06. The zero-order valence-corrected chi connectivity index (χ0v) is 10.2. The Hall–Kier alpha value is -1.77. The molecule has 106 valence electrons. The van der Waals surface area contributed by atoms with Gasteiger partial charge in [-0.1, -0.05) is 18.2 Å². The van der Waals surface area contributed by atoms with E-state index in [0.717, 1.165) is 6.07 Å². The van der Waals surface area contributed by atoms with Gasteiger partial charge in [0.15, 0.2) is 0 Å². The zero-order chi connectivity index (χ0) is 14.7. The lowest BCUT2D eigenvalue weighted by atomic mass is 10.1. The summed E-state index contributed by atoms with van der Waals surface area (Å²) < 4.78 is 62.2. The number of para-hydroxylation sites is 1. The van der Waals surface area contributed by atoms with Gasteiger partial charge in [0, 0.05) is 6.42 Å². The number of carboxylic acid groups (broad SMARTS) is 1. The Labute approximate surface area is 106 Å². The molecule has 0 fully saturated rings. The second-order valence-electron chi connectivity index (χ2n) is 3.48. The molecule has 9 heteroatoms. The molecule has 1 rings (SSSR count). The highest BCUT2D eigenvalue weighted by molar-refractivity contribution is 7.88. The molecule has 0 saturated heterocycles. The van der Waals surface area contributed by atoms with Crippen LogP contribution in [0.4, 0.5) is 13.2 Å². The molecule has 0 aliphatic heterocycles. The lowest BCUT2D eigenvalue weighted by Crippen LogP contribution is -2.28. The molecule has 0 aliphatic carbocycles. The smallest absolute Gasteiger partial charge is 0.481 e. The van der Waals surface area contributed by atoms with Crippen molar-refractivity contribution in [1.82, 2.24) is 0 Å². The van der Waals surface area contributed by atoms with Gasteiger partial charge in [-0.2, -0.15) is 21.6 Å². The van der Waals surface area contributed by atoms with Gasteiger partial charge in [-0.15, -0.1) is 0 Å². The van der Waals surface area contributed by atoms with E-state index in [-0.39, 0.29) is 18.4 Å². The maximum absolute atomic E-state index is 12.2. The Morgan fingerprint density at radius 3 is 2.37 bits per heavy atom. The van der Waals surface area contributed by atoms with Gasteiger partial charge < -0.3 is 9.29 Å². The quantitative estimate of drug-likeness (QED) is 0.663. The Morgan fingerprint density at radius 2 is 1.84 bits per heavy atom. The van der Waals surface area contributed by atoms with E-state index in [0.29, 0.717) is 0 Å². The molecular formula is C10H9F3O5S. The molecule has 0 unspecified atom stereocenters. The summed E-state index contributed by atoms with van der Waals surface area (Å²) in [5.41, 5.74) is -5.47. The molecule has 0 radical (unpaired) electrons. The van der Waals surface area contributed by atoms with Gasteiger partial charge in [-0.05, 0) is 18.1 Å². The summed E-state index contributed by atoms with van der Waals surface area (Å²) in [4.78, 5) is 10.4. The minimum Gasteiger partial charge on any atom is -0.481 e. The first kappa shape index (κ1) is 15.3. The summed E-state index contributed by atoms with van der Waals surface area (Å²) in [7, 11) is -5.76. The molecule has 1 aromatic rings. The molecule has 0 heterocycles. The van der Waals surface area contributed by atoms with E-state index in [1.165, 1.54) is 18.2 Å². The number of carboxylic acids is 1. The van der Waals surface area contributed by atoms with Crippen molar-refractivity contribution in [2.24, 2.45) is 0 Å². The van der Waals surface area contributed by atoms with Crippen molar-refractivity contribution < 1.29 is 35.7 Å². The van der Waals surface area contributed by atoms with E-state index < -0.39 is 27.3 Å². The standard InChI is InChI=1S/C10H9F3O5S/c11-10(12,13)19(16,17)18-8-4-2-1-3-7(8)5-6-9(14)15/h1-4H,5-6H2,(H,14,15). The fraction of sp³-hybridized carbons (Fsp3) is 0.300. The third-order valence-corrected chi connectivity index (χ3v) is 3.03. The first-order valence-corrected chi connectivity index (χ1v) is 6.35. The van der Waals surface area contributed by atoms with Crippen LogP contribution in [-0.2, 0) is 21.3 Å². The van der Waals surface area contributed by atoms with E-state index in [1.54, 1.807) is 0 Å².